The summed E-state index contributed by atoms with van der Waals surface area (Å²) >= 11 is 0. The molecule has 1 nitrogen and oxygen atoms in total. The third-order valence-corrected chi connectivity index (χ3v) is 1.69. The summed E-state index contributed by atoms with van der Waals surface area (Å²) in [6, 6.07) is 0. The van der Waals surface area contributed by atoms with Gasteiger partial charge in [-0.25, -0.2) is 0 Å². The van der Waals surface area contributed by atoms with Gasteiger partial charge in [0.1, 0.15) is 0 Å². The average Bonchev–Trinajstić information content (AvgIpc) is 1.89. The van der Waals surface area contributed by atoms with Crippen molar-refractivity contribution >= 4 is 0 Å². The molecule has 1 rings (SSSR count). The Morgan fingerprint density at radius 2 is 2.30 bits per heavy atom. The third kappa shape index (κ3) is 1.71. The summed E-state index contributed by atoms with van der Waals surface area (Å²) in [6.07, 6.45) is 9.34. The van der Waals surface area contributed by atoms with E-state index in [2.05, 4.69) is 25.2 Å². The molecule has 0 aromatic heterocycles. The van der Waals surface area contributed by atoms with Crippen LogP contribution in [0.3, 0.4) is 0 Å². The second-order valence-electron chi connectivity index (χ2n) is 2.74. The van der Waals surface area contributed by atoms with Crippen molar-refractivity contribution in [2.24, 2.45) is 0 Å². The standard InChI is InChI=1S/C9H14O/c1-3-10-9(2)7-5-4-6-8-9/h4-7H,3,8H2,1-2H3/t9-/m1/s1. The molecule has 0 saturated heterocycles. The van der Waals surface area contributed by atoms with Gasteiger partial charge in [-0.2, -0.15) is 0 Å². The Bertz CT molecular complexity index is 158. The molecule has 0 amide bonds. The van der Waals surface area contributed by atoms with Gasteiger partial charge in [-0.05, 0) is 20.3 Å². The highest BCUT2D eigenvalue weighted by atomic mass is 16.5. The van der Waals surface area contributed by atoms with E-state index in [4.69, 9.17) is 4.74 Å². The smallest absolute Gasteiger partial charge is 0.0871 e. The van der Waals surface area contributed by atoms with E-state index in [0.717, 1.165) is 13.0 Å². The van der Waals surface area contributed by atoms with Crippen LogP contribution in [-0.4, -0.2) is 12.2 Å². The average molecular weight is 138 g/mol. The molecule has 0 heterocycles. The van der Waals surface area contributed by atoms with Crippen LogP contribution in [0.2, 0.25) is 0 Å². The summed E-state index contributed by atoms with van der Waals surface area (Å²) in [4.78, 5) is 0. The van der Waals surface area contributed by atoms with Crippen molar-refractivity contribution in [1.29, 1.82) is 0 Å². The first-order chi connectivity index (χ1) is 4.77. The Hall–Kier alpha value is -0.560. The molecule has 10 heavy (non-hydrogen) atoms. The minimum absolute atomic E-state index is 0.0382. The van der Waals surface area contributed by atoms with Gasteiger partial charge < -0.3 is 4.74 Å². The highest BCUT2D eigenvalue weighted by Crippen LogP contribution is 2.20. The molecule has 0 N–H and O–H groups in total. The Morgan fingerprint density at radius 1 is 1.50 bits per heavy atom. The zero-order chi connectivity index (χ0) is 7.45. The van der Waals surface area contributed by atoms with Crippen LogP contribution in [0, 0.1) is 0 Å². The first kappa shape index (κ1) is 7.55. The fourth-order valence-corrected chi connectivity index (χ4v) is 1.14. The fourth-order valence-electron chi connectivity index (χ4n) is 1.14. The fraction of sp³-hybridized carbons (Fsp3) is 0.556. The van der Waals surface area contributed by atoms with Gasteiger partial charge in [0.15, 0.2) is 0 Å². The van der Waals surface area contributed by atoms with Crippen molar-refractivity contribution < 1.29 is 4.74 Å². The van der Waals surface area contributed by atoms with Crippen molar-refractivity contribution in [3.8, 4) is 0 Å². The Morgan fingerprint density at radius 3 is 2.80 bits per heavy atom. The third-order valence-electron chi connectivity index (χ3n) is 1.69. The molecular weight excluding hydrogens is 124 g/mol. The molecule has 0 unspecified atom stereocenters. The van der Waals surface area contributed by atoms with Gasteiger partial charge in [0, 0.05) is 6.61 Å². The minimum atomic E-state index is -0.0382. The van der Waals surface area contributed by atoms with Gasteiger partial charge in [-0.3, -0.25) is 0 Å². The summed E-state index contributed by atoms with van der Waals surface area (Å²) < 4.78 is 5.53. The molecule has 1 heteroatoms. The molecule has 0 bridgehead atoms. The summed E-state index contributed by atoms with van der Waals surface area (Å²) in [7, 11) is 0. The Balaban J connectivity index is 2.52. The van der Waals surface area contributed by atoms with E-state index in [1.807, 2.05) is 13.0 Å². The largest absolute Gasteiger partial charge is 0.371 e. The molecule has 0 fully saturated rings. The van der Waals surface area contributed by atoms with Crippen molar-refractivity contribution in [1.82, 2.24) is 0 Å². The SMILES string of the molecule is CCO[C@]1(C)C=CC=CC1. The van der Waals surface area contributed by atoms with E-state index in [1.165, 1.54) is 0 Å². The van der Waals surface area contributed by atoms with Crippen molar-refractivity contribution in [3.63, 3.8) is 0 Å². The first-order valence-corrected chi connectivity index (χ1v) is 3.75. The van der Waals surface area contributed by atoms with Crippen LogP contribution in [0.15, 0.2) is 24.3 Å². The minimum Gasteiger partial charge on any atom is -0.371 e. The first-order valence-electron chi connectivity index (χ1n) is 3.75. The zero-order valence-corrected chi connectivity index (χ0v) is 6.63. The normalized spacial score (nSPS) is 31.0. The maximum Gasteiger partial charge on any atom is 0.0871 e. The number of rotatable bonds is 2. The van der Waals surface area contributed by atoms with E-state index in [9.17, 15) is 0 Å². The lowest BCUT2D eigenvalue weighted by atomic mass is 9.98. The van der Waals surface area contributed by atoms with Gasteiger partial charge in [-0.15, -0.1) is 0 Å². The van der Waals surface area contributed by atoms with Gasteiger partial charge in [0.2, 0.25) is 0 Å². The molecular formula is C9H14O. The van der Waals surface area contributed by atoms with E-state index in [0.29, 0.717) is 0 Å². The lowest BCUT2D eigenvalue weighted by Gasteiger charge is -2.25. The van der Waals surface area contributed by atoms with E-state index >= 15 is 0 Å². The maximum atomic E-state index is 5.53. The maximum absolute atomic E-state index is 5.53. The Kier molecular flexibility index (Phi) is 2.28. The number of ether oxygens (including phenoxy) is 1. The second kappa shape index (κ2) is 3.02. The van der Waals surface area contributed by atoms with Crippen LogP contribution in [0.25, 0.3) is 0 Å². The van der Waals surface area contributed by atoms with Gasteiger partial charge in [0.05, 0.1) is 5.60 Å². The molecule has 1 atom stereocenters. The van der Waals surface area contributed by atoms with Crippen molar-refractivity contribution in [2.45, 2.75) is 25.9 Å². The Labute approximate surface area is 62.4 Å². The van der Waals surface area contributed by atoms with Crippen LogP contribution < -0.4 is 0 Å². The summed E-state index contributed by atoms with van der Waals surface area (Å²) in [5.41, 5.74) is -0.0382. The molecule has 1 aliphatic rings. The topological polar surface area (TPSA) is 9.23 Å². The molecule has 0 aromatic rings. The van der Waals surface area contributed by atoms with Crippen molar-refractivity contribution in [2.75, 3.05) is 6.61 Å². The molecule has 1 aliphatic carbocycles. The monoisotopic (exact) mass is 138 g/mol. The molecule has 0 radical (unpaired) electrons. The number of allylic oxidation sites excluding steroid dienone is 2. The molecule has 0 aliphatic heterocycles. The lowest BCUT2D eigenvalue weighted by molar-refractivity contribution is 0.0153. The number of hydrogen-bond donors (Lipinski definition) is 0. The second-order valence-corrected chi connectivity index (χ2v) is 2.74. The van der Waals surface area contributed by atoms with Gasteiger partial charge in [-0.1, -0.05) is 24.3 Å². The molecule has 0 spiro atoms. The predicted molar refractivity (Wildman–Crippen MR) is 42.9 cm³/mol. The van der Waals surface area contributed by atoms with Crippen LogP contribution in [0.5, 0.6) is 0 Å². The van der Waals surface area contributed by atoms with E-state index < -0.39 is 0 Å². The van der Waals surface area contributed by atoms with E-state index in [-0.39, 0.29) is 5.60 Å². The van der Waals surface area contributed by atoms with Crippen LogP contribution in [-0.2, 0) is 4.74 Å². The highest BCUT2D eigenvalue weighted by Gasteiger charge is 2.19. The van der Waals surface area contributed by atoms with Crippen LogP contribution in [0.1, 0.15) is 20.3 Å². The molecule has 0 aromatic carbocycles. The lowest BCUT2D eigenvalue weighted by Crippen LogP contribution is -2.26. The summed E-state index contributed by atoms with van der Waals surface area (Å²) in [6.45, 7) is 4.92. The van der Waals surface area contributed by atoms with Gasteiger partial charge in [0.25, 0.3) is 0 Å². The quantitative estimate of drug-likeness (QED) is 0.569. The predicted octanol–water partition coefficient (Wildman–Crippen LogP) is 2.30. The van der Waals surface area contributed by atoms with Gasteiger partial charge >= 0.3 is 0 Å². The molecule has 0 saturated carbocycles. The summed E-state index contributed by atoms with van der Waals surface area (Å²) in [5.74, 6) is 0. The zero-order valence-electron chi connectivity index (χ0n) is 6.63. The number of hydrogen-bond acceptors (Lipinski definition) is 1. The van der Waals surface area contributed by atoms with Crippen LogP contribution in [0.4, 0.5) is 0 Å². The van der Waals surface area contributed by atoms with Crippen LogP contribution >= 0.6 is 0 Å². The highest BCUT2D eigenvalue weighted by molar-refractivity contribution is 5.17. The molecule has 56 valence electrons. The van der Waals surface area contributed by atoms with E-state index in [1.54, 1.807) is 0 Å². The van der Waals surface area contributed by atoms with Crippen molar-refractivity contribution in [3.05, 3.63) is 24.3 Å². The summed E-state index contributed by atoms with van der Waals surface area (Å²) in [5, 5.41) is 0.